The van der Waals surface area contributed by atoms with Gasteiger partial charge < -0.3 is 14.8 Å². The maximum atomic E-state index is 13.3. The second-order valence-corrected chi connectivity index (χ2v) is 6.34. The molecule has 0 aliphatic heterocycles. The Kier molecular flexibility index (Phi) is 4.97. The molecule has 2 N–H and O–H groups in total. The van der Waals surface area contributed by atoms with Crippen molar-refractivity contribution in [2.24, 2.45) is 0 Å². The Labute approximate surface area is 146 Å². The minimum atomic E-state index is -1.17. The van der Waals surface area contributed by atoms with Gasteiger partial charge in [-0.05, 0) is 55.3 Å². The van der Waals surface area contributed by atoms with Gasteiger partial charge in [0, 0.05) is 18.9 Å². The van der Waals surface area contributed by atoms with Crippen LogP contribution in [0.2, 0.25) is 0 Å². The van der Waals surface area contributed by atoms with Gasteiger partial charge in [-0.2, -0.15) is 0 Å². The molecule has 4 nitrogen and oxygen atoms in total. The number of hydrogen-bond donors (Lipinski definition) is 2. The van der Waals surface area contributed by atoms with Gasteiger partial charge in [0.25, 0.3) is 0 Å². The van der Waals surface area contributed by atoms with E-state index in [9.17, 15) is 9.50 Å². The largest absolute Gasteiger partial charge is 0.463 e. The second-order valence-electron chi connectivity index (χ2n) is 6.34. The first-order valence-electron chi connectivity index (χ1n) is 8.14. The summed E-state index contributed by atoms with van der Waals surface area (Å²) in [5.74, 6) is 0.964. The Morgan fingerprint density at radius 2 is 1.92 bits per heavy atom. The molecule has 0 saturated carbocycles. The highest BCUT2D eigenvalue weighted by atomic mass is 19.1. The van der Waals surface area contributed by atoms with Crippen molar-refractivity contribution in [1.82, 2.24) is 10.3 Å². The van der Waals surface area contributed by atoms with Gasteiger partial charge in [0.15, 0.2) is 0 Å². The normalized spacial score (nSPS) is 14.9. The number of furan rings is 1. The molecule has 2 atom stereocenters. The molecule has 25 heavy (non-hydrogen) atoms. The lowest BCUT2D eigenvalue weighted by Crippen LogP contribution is -2.37. The number of halogens is 1. The van der Waals surface area contributed by atoms with Crippen LogP contribution in [0.3, 0.4) is 0 Å². The average Bonchev–Trinajstić information content (AvgIpc) is 3.05. The van der Waals surface area contributed by atoms with Crippen molar-refractivity contribution >= 4 is 0 Å². The predicted octanol–water partition coefficient (Wildman–Crippen LogP) is 3.71. The number of benzene rings is 1. The van der Waals surface area contributed by atoms with E-state index in [2.05, 4.69) is 10.3 Å². The predicted molar refractivity (Wildman–Crippen MR) is 93.5 cm³/mol. The van der Waals surface area contributed by atoms with E-state index in [0.29, 0.717) is 5.76 Å². The molecule has 2 aromatic heterocycles. The number of rotatable bonds is 6. The molecular weight excluding hydrogens is 319 g/mol. The molecule has 0 aliphatic rings. The van der Waals surface area contributed by atoms with Crippen LogP contribution in [0.5, 0.6) is 0 Å². The van der Waals surface area contributed by atoms with Gasteiger partial charge in [-0.25, -0.2) is 4.39 Å². The van der Waals surface area contributed by atoms with Gasteiger partial charge >= 0.3 is 0 Å². The third kappa shape index (κ3) is 4.13. The molecule has 0 fully saturated rings. The lowest BCUT2D eigenvalue weighted by Gasteiger charge is -2.26. The third-order valence-corrected chi connectivity index (χ3v) is 4.14. The summed E-state index contributed by atoms with van der Waals surface area (Å²) in [6, 6.07) is 13.5. The summed E-state index contributed by atoms with van der Waals surface area (Å²) in [4.78, 5) is 4.16. The summed E-state index contributed by atoms with van der Waals surface area (Å²) in [6.07, 6.45) is 3.46. The van der Waals surface area contributed by atoms with Crippen LogP contribution in [0, 0.1) is 12.7 Å². The highest BCUT2D eigenvalue weighted by molar-refractivity contribution is 5.30. The van der Waals surface area contributed by atoms with Crippen molar-refractivity contribution in [3.05, 3.63) is 89.4 Å². The van der Waals surface area contributed by atoms with Crippen LogP contribution in [-0.2, 0) is 5.60 Å². The molecule has 0 radical (unpaired) electrons. The first kappa shape index (κ1) is 17.3. The Morgan fingerprint density at radius 3 is 2.52 bits per heavy atom. The number of aryl methyl sites for hydroxylation is 1. The van der Waals surface area contributed by atoms with Crippen LogP contribution >= 0.6 is 0 Å². The van der Waals surface area contributed by atoms with E-state index in [1.54, 1.807) is 37.5 Å². The Bertz CT molecular complexity index is 813. The van der Waals surface area contributed by atoms with Crippen LogP contribution in [0.15, 0.2) is 65.3 Å². The monoisotopic (exact) mass is 340 g/mol. The molecule has 0 unspecified atom stereocenters. The summed E-state index contributed by atoms with van der Waals surface area (Å²) in [5.41, 5.74) is 0.649. The molecule has 1 aromatic carbocycles. The van der Waals surface area contributed by atoms with Crippen molar-refractivity contribution in [3.8, 4) is 0 Å². The highest BCUT2D eigenvalue weighted by Gasteiger charge is 2.28. The van der Waals surface area contributed by atoms with E-state index in [-0.39, 0.29) is 18.4 Å². The zero-order valence-corrected chi connectivity index (χ0v) is 14.2. The maximum Gasteiger partial charge on any atom is 0.136 e. The summed E-state index contributed by atoms with van der Waals surface area (Å²) in [6.45, 7) is 3.80. The molecule has 5 heteroatoms. The number of nitrogens with zero attached hydrogens (tertiary/aromatic N) is 1. The summed E-state index contributed by atoms with van der Waals surface area (Å²) in [7, 11) is 0. The molecule has 0 saturated heterocycles. The second kappa shape index (κ2) is 7.17. The molecule has 0 spiro atoms. The Hall–Kier alpha value is -2.50. The minimum Gasteiger partial charge on any atom is -0.463 e. The van der Waals surface area contributed by atoms with Crippen LogP contribution in [0.4, 0.5) is 4.39 Å². The van der Waals surface area contributed by atoms with Gasteiger partial charge in [-0.3, -0.25) is 4.98 Å². The molecule has 3 rings (SSSR count). The number of pyridine rings is 1. The smallest absolute Gasteiger partial charge is 0.136 e. The number of aliphatic hydroxyl groups is 1. The zero-order chi connectivity index (χ0) is 17.9. The fourth-order valence-corrected chi connectivity index (χ4v) is 2.74. The van der Waals surface area contributed by atoms with Crippen LogP contribution in [0.25, 0.3) is 0 Å². The topological polar surface area (TPSA) is 58.3 Å². The number of hydrogen-bond acceptors (Lipinski definition) is 4. The molecular formula is C20H21FN2O2. The zero-order valence-electron chi connectivity index (χ0n) is 14.2. The Balaban J connectivity index is 1.84. The van der Waals surface area contributed by atoms with Gasteiger partial charge in [0.1, 0.15) is 22.9 Å². The van der Waals surface area contributed by atoms with Crippen molar-refractivity contribution in [2.75, 3.05) is 6.54 Å². The van der Waals surface area contributed by atoms with E-state index >= 15 is 0 Å². The van der Waals surface area contributed by atoms with Crippen molar-refractivity contribution in [1.29, 1.82) is 0 Å². The average molecular weight is 340 g/mol. The molecule has 0 amide bonds. The highest BCUT2D eigenvalue weighted by Crippen LogP contribution is 2.26. The molecule has 0 bridgehead atoms. The lowest BCUT2D eigenvalue weighted by atomic mass is 9.97. The minimum absolute atomic E-state index is 0.225. The van der Waals surface area contributed by atoms with Crippen molar-refractivity contribution < 1.29 is 13.9 Å². The fourth-order valence-electron chi connectivity index (χ4n) is 2.74. The van der Waals surface area contributed by atoms with E-state index in [4.69, 9.17) is 4.42 Å². The third-order valence-electron chi connectivity index (χ3n) is 4.14. The van der Waals surface area contributed by atoms with E-state index in [0.717, 1.165) is 16.9 Å². The van der Waals surface area contributed by atoms with E-state index < -0.39 is 5.60 Å². The summed E-state index contributed by atoms with van der Waals surface area (Å²) in [5, 5.41) is 14.1. The van der Waals surface area contributed by atoms with Crippen molar-refractivity contribution in [2.45, 2.75) is 25.5 Å². The van der Waals surface area contributed by atoms with Gasteiger partial charge in [-0.15, -0.1) is 0 Å². The molecule has 2 heterocycles. The first-order chi connectivity index (χ1) is 12.0. The van der Waals surface area contributed by atoms with Crippen LogP contribution < -0.4 is 5.32 Å². The van der Waals surface area contributed by atoms with E-state index in [1.807, 2.05) is 25.1 Å². The summed E-state index contributed by atoms with van der Waals surface area (Å²) >= 11 is 0. The SMILES string of the molecule is Cc1ccc([C@@](C)(O)CN[C@@H](c2ccc(F)cc2)c2cccnc2)o1. The van der Waals surface area contributed by atoms with Gasteiger partial charge in [0.05, 0.1) is 6.04 Å². The fraction of sp³-hybridized carbons (Fsp3) is 0.250. The van der Waals surface area contributed by atoms with Crippen molar-refractivity contribution in [3.63, 3.8) is 0 Å². The number of aromatic nitrogens is 1. The van der Waals surface area contributed by atoms with Crippen LogP contribution in [0.1, 0.15) is 35.6 Å². The summed E-state index contributed by atoms with van der Waals surface area (Å²) < 4.78 is 18.8. The first-order valence-corrected chi connectivity index (χ1v) is 8.14. The standard InChI is InChI=1S/C20H21FN2O2/c1-14-5-10-18(25-14)20(2,24)13-23-19(16-4-3-11-22-12-16)15-6-8-17(21)9-7-15/h3-12,19,23-24H,13H2,1-2H3/t19-,20-/m0/s1. The quantitative estimate of drug-likeness (QED) is 0.718. The van der Waals surface area contributed by atoms with E-state index in [1.165, 1.54) is 12.1 Å². The molecule has 3 aromatic rings. The molecule has 130 valence electrons. The lowest BCUT2D eigenvalue weighted by molar-refractivity contribution is 0.0318. The van der Waals surface area contributed by atoms with Crippen LogP contribution in [-0.4, -0.2) is 16.6 Å². The molecule has 0 aliphatic carbocycles. The van der Waals surface area contributed by atoms with Gasteiger partial charge in [0.2, 0.25) is 0 Å². The number of nitrogens with one attached hydrogen (secondary N) is 1. The maximum absolute atomic E-state index is 13.3. The Morgan fingerprint density at radius 1 is 1.16 bits per heavy atom. The van der Waals surface area contributed by atoms with Gasteiger partial charge in [-0.1, -0.05) is 18.2 Å².